The third kappa shape index (κ3) is 3.99. The summed E-state index contributed by atoms with van der Waals surface area (Å²) in [6, 6.07) is 0. The molecule has 0 saturated carbocycles. The Morgan fingerprint density at radius 1 is 0.933 bits per heavy atom. The fourth-order valence-electron chi connectivity index (χ4n) is 0.501. The molecule has 0 aromatic heterocycles. The molecule has 0 amide bonds. The van der Waals surface area contributed by atoms with Crippen LogP contribution < -0.4 is 0 Å². The Morgan fingerprint density at radius 3 is 1.60 bits per heavy atom. The van der Waals surface area contributed by atoms with Crippen molar-refractivity contribution >= 4 is 67.8 Å². The van der Waals surface area contributed by atoms with Gasteiger partial charge in [-0.05, 0) is 13.8 Å². The van der Waals surface area contributed by atoms with Gasteiger partial charge in [-0.1, -0.05) is 58.0 Å². The molecular weight excluding hydrogens is 325 g/mol. The minimum atomic E-state index is -3.68. The molecule has 0 aliphatic heterocycles. The first kappa shape index (κ1) is 15.9. The average Bonchev–Trinajstić information content (AvgIpc) is 2.13. The van der Waals surface area contributed by atoms with Crippen molar-refractivity contribution in [2.24, 2.45) is 0 Å². The Hall–Kier alpha value is 0.880. The fourth-order valence-corrected chi connectivity index (χ4v) is 2.80. The predicted molar refractivity (Wildman–Crippen MR) is 67.4 cm³/mol. The smallest absolute Gasteiger partial charge is 0.192 e. The standard InChI is InChI=1S/C7H7Cl5O2S/c1-3(2)15(13,14)7(12)5(9)4(8)6(10)11/h3H,1-2H3. The van der Waals surface area contributed by atoms with Gasteiger partial charge in [-0.25, -0.2) is 8.42 Å². The summed E-state index contributed by atoms with van der Waals surface area (Å²) in [6.45, 7) is 2.92. The fraction of sp³-hybridized carbons (Fsp3) is 0.429. The van der Waals surface area contributed by atoms with Crippen LogP contribution in [0, 0.1) is 0 Å². The molecule has 88 valence electrons. The molecule has 0 heterocycles. The van der Waals surface area contributed by atoms with Crippen molar-refractivity contribution in [1.29, 1.82) is 0 Å². The zero-order valence-electron chi connectivity index (χ0n) is 7.69. The summed E-state index contributed by atoms with van der Waals surface area (Å²) in [7, 11) is -3.68. The van der Waals surface area contributed by atoms with Crippen molar-refractivity contribution < 1.29 is 8.42 Å². The maximum Gasteiger partial charge on any atom is 0.192 e. The molecule has 15 heavy (non-hydrogen) atoms. The van der Waals surface area contributed by atoms with Crippen LogP contribution in [0.15, 0.2) is 18.9 Å². The maximum absolute atomic E-state index is 11.6. The van der Waals surface area contributed by atoms with Crippen molar-refractivity contribution in [3.63, 3.8) is 0 Å². The molecule has 8 heteroatoms. The van der Waals surface area contributed by atoms with Gasteiger partial charge in [-0.15, -0.1) is 0 Å². The molecule has 0 bridgehead atoms. The van der Waals surface area contributed by atoms with Gasteiger partial charge in [0.2, 0.25) is 0 Å². The quantitative estimate of drug-likeness (QED) is 0.720. The summed E-state index contributed by atoms with van der Waals surface area (Å²) >= 11 is 27.4. The third-order valence-electron chi connectivity index (χ3n) is 1.40. The molecule has 0 spiro atoms. The van der Waals surface area contributed by atoms with Crippen LogP contribution >= 0.6 is 58.0 Å². The number of rotatable bonds is 3. The van der Waals surface area contributed by atoms with Gasteiger partial charge in [0.25, 0.3) is 0 Å². The molecule has 0 aromatic rings. The van der Waals surface area contributed by atoms with Crippen molar-refractivity contribution in [3.05, 3.63) is 18.9 Å². The first-order valence-electron chi connectivity index (χ1n) is 3.62. The van der Waals surface area contributed by atoms with Crippen LogP contribution in [0.3, 0.4) is 0 Å². The van der Waals surface area contributed by atoms with E-state index in [4.69, 9.17) is 58.0 Å². The van der Waals surface area contributed by atoms with E-state index in [1.807, 2.05) is 0 Å². The van der Waals surface area contributed by atoms with Crippen molar-refractivity contribution in [1.82, 2.24) is 0 Å². The van der Waals surface area contributed by atoms with E-state index in [1.54, 1.807) is 0 Å². The molecule has 0 fully saturated rings. The highest BCUT2D eigenvalue weighted by molar-refractivity contribution is 7.97. The van der Waals surface area contributed by atoms with E-state index in [2.05, 4.69) is 0 Å². The van der Waals surface area contributed by atoms with Crippen molar-refractivity contribution in [2.45, 2.75) is 19.1 Å². The van der Waals surface area contributed by atoms with E-state index < -0.39 is 19.5 Å². The number of hydrogen-bond donors (Lipinski definition) is 0. The second-order valence-electron chi connectivity index (χ2n) is 2.76. The number of sulfone groups is 1. The van der Waals surface area contributed by atoms with Crippen LogP contribution in [0.1, 0.15) is 13.8 Å². The first-order chi connectivity index (χ1) is 6.62. The highest BCUT2D eigenvalue weighted by atomic mass is 35.5. The molecule has 0 rings (SSSR count). The predicted octanol–water partition coefficient (Wildman–Crippen LogP) is 4.34. The highest BCUT2D eigenvalue weighted by Crippen LogP contribution is 2.34. The van der Waals surface area contributed by atoms with Crippen LogP contribution in [-0.2, 0) is 9.84 Å². The molecule has 0 N–H and O–H groups in total. The molecule has 0 unspecified atom stereocenters. The first-order valence-corrected chi connectivity index (χ1v) is 7.06. The molecule has 0 aromatic carbocycles. The van der Waals surface area contributed by atoms with E-state index >= 15 is 0 Å². The van der Waals surface area contributed by atoms with Crippen molar-refractivity contribution in [2.75, 3.05) is 0 Å². The summed E-state index contributed by atoms with van der Waals surface area (Å²) in [5.41, 5.74) is 0. The van der Waals surface area contributed by atoms with E-state index in [9.17, 15) is 8.42 Å². The second-order valence-corrected chi connectivity index (χ2v) is 7.50. The summed E-state index contributed by atoms with van der Waals surface area (Å²) < 4.78 is 22.2. The Labute approximate surface area is 114 Å². The Morgan fingerprint density at radius 2 is 1.33 bits per heavy atom. The minimum Gasteiger partial charge on any atom is -0.222 e. The number of hydrogen-bond acceptors (Lipinski definition) is 2. The van der Waals surface area contributed by atoms with Gasteiger partial charge in [-0.3, -0.25) is 0 Å². The van der Waals surface area contributed by atoms with Crippen LogP contribution in [0.25, 0.3) is 0 Å². The minimum absolute atomic E-state index is 0.297. The van der Waals surface area contributed by atoms with E-state index in [0.717, 1.165) is 0 Å². The normalized spacial score (nSPS) is 13.9. The lowest BCUT2D eigenvalue weighted by Gasteiger charge is -2.08. The summed E-state index contributed by atoms with van der Waals surface area (Å²) in [5.74, 6) is 0. The van der Waals surface area contributed by atoms with Gasteiger partial charge < -0.3 is 0 Å². The van der Waals surface area contributed by atoms with Gasteiger partial charge in [0.15, 0.2) is 14.2 Å². The van der Waals surface area contributed by atoms with Crippen LogP contribution in [-0.4, -0.2) is 13.7 Å². The highest BCUT2D eigenvalue weighted by Gasteiger charge is 2.25. The van der Waals surface area contributed by atoms with Gasteiger partial charge in [-0.2, -0.15) is 0 Å². The van der Waals surface area contributed by atoms with Gasteiger partial charge in [0, 0.05) is 0 Å². The molecule has 0 radical (unpaired) electrons. The SMILES string of the molecule is CC(C)S(=O)(=O)C(Cl)=C(Cl)C(Cl)=C(Cl)Cl. The zero-order chi connectivity index (χ0) is 12.4. The lowest BCUT2D eigenvalue weighted by molar-refractivity contribution is 0.595. The van der Waals surface area contributed by atoms with E-state index in [1.165, 1.54) is 13.8 Å². The second kappa shape index (κ2) is 5.99. The van der Waals surface area contributed by atoms with Gasteiger partial charge >= 0.3 is 0 Å². The number of halogens is 5. The lowest BCUT2D eigenvalue weighted by atomic mass is 10.6. The average molecular weight is 332 g/mol. The van der Waals surface area contributed by atoms with E-state index in [0.29, 0.717) is 0 Å². The molecule has 0 aliphatic rings. The maximum atomic E-state index is 11.6. The monoisotopic (exact) mass is 330 g/mol. The Balaban J connectivity index is 5.62. The molecular formula is C7H7Cl5O2S. The largest absolute Gasteiger partial charge is 0.222 e. The van der Waals surface area contributed by atoms with Crippen LogP contribution in [0.5, 0.6) is 0 Å². The molecule has 2 nitrogen and oxygen atoms in total. The number of allylic oxidation sites excluding steroid dienone is 2. The summed E-state index contributed by atoms with van der Waals surface area (Å²) in [5, 5.41) is -1.39. The van der Waals surface area contributed by atoms with Gasteiger partial charge in [0.1, 0.15) is 4.49 Å². The molecule has 0 saturated heterocycles. The van der Waals surface area contributed by atoms with Crippen LogP contribution in [0.4, 0.5) is 0 Å². The zero-order valence-corrected chi connectivity index (χ0v) is 12.3. The van der Waals surface area contributed by atoms with Gasteiger partial charge in [0.05, 0.1) is 15.3 Å². The van der Waals surface area contributed by atoms with E-state index in [-0.39, 0.29) is 14.6 Å². The summed E-state index contributed by atoms with van der Waals surface area (Å²) in [6.07, 6.45) is 0. The topological polar surface area (TPSA) is 34.1 Å². The molecule has 0 atom stereocenters. The van der Waals surface area contributed by atoms with Crippen molar-refractivity contribution in [3.8, 4) is 0 Å². The lowest BCUT2D eigenvalue weighted by Crippen LogP contribution is -2.14. The Kier molecular flexibility index (Phi) is 6.34. The third-order valence-corrected chi connectivity index (χ3v) is 5.81. The molecule has 0 aliphatic carbocycles. The Bertz CT molecular complexity index is 403. The summed E-state index contributed by atoms with van der Waals surface area (Å²) in [4.78, 5) is 0. The van der Waals surface area contributed by atoms with Crippen LogP contribution in [0.2, 0.25) is 0 Å².